The van der Waals surface area contributed by atoms with Gasteiger partial charge in [0.25, 0.3) is 0 Å². The molecule has 48 heavy (non-hydrogen) atoms. The van der Waals surface area contributed by atoms with Gasteiger partial charge in [-0.05, 0) is 73.8 Å². The van der Waals surface area contributed by atoms with Crippen molar-refractivity contribution >= 4 is 32.4 Å². The van der Waals surface area contributed by atoms with Gasteiger partial charge in [-0.25, -0.2) is 9.97 Å². The molecule has 224 valence electrons. The van der Waals surface area contributed by atoms with E-state index < -0.39 is 0 Å². The molecule has 9 rings (SSSR count). The van der Waals surface area contributed by atoms with E-state index in [-0.39, 0.29) is 0 Å². The lowest BCUT2D eigenvalue weighted by Crippen LogP contribution is -1.96. The Hall–Kier alpha value is -6.38. The number of nitrogens with zero attached hydrogens (tertiary/aromatic N) is 2. The van der Waals surface area contributed by atoms with Gasteiger partial charge in [0, 0.05) is 21.9 Å². The molecule has 2 nitrogen and oxygen atoms in total. The lowest BCUT2D eigenvalue weighted by Gasteiger charge is -2.13. The molecule has 0 aliphatic rings. The summed E-state index contributed by atoms with van der Waals surface area (Å²) in [6.45, 7) is 0. The molecule has 1 heterocycles. The summed E-state index contributed by atoms with van der Waals surface area (Å²) >= 11 is 0. The fraction of sp³-hybridized carbons (Fsp3) is 0. The first kappa shape index (κ1) is 27.9. The maximum Gasteiger partial charge on any atom is 0.160 e. The Morgan fingerprint density at radius 3 is 1.52 bits per heavy atom. The normalized spacial score (nSPS) is 11.3. The molecule has 0 saturated heterocycles. The maximum atomic E-state index is 5.21. The van der Waals surface area contributed by atoms with Gasteiger partial charge in [-0.1, -0.05) is 158 Å². The Labute approximate surface area is 279 Å². The number of aromatic nitrogens is 2. The van der Waals surface area contributed by atoms with E-state index in [9.17, 15) is 0 Å². The third kappa shape index (κ3) is 5.01. The van der Waals surface area contributed by atoms with Crippen LogP contribution < -0.4 is 0 Å². The van der Waals surface area contributed by atoms with Gasteiger partial charge in [-0.15, -0.1) is 0 Å². The highest BCUT2D eigenvalue weighted by Crippen LogP contribution is 2.36. The van der Waals surface area contributed by atoms with E-state index in [1.165, 1.54) is 38.4 Å². The Bertz CT molecular complexity index is 2610. The molecule has 0 fully saturated rings. The molecule has 0 unspecified atom stereocenters. The molecule has 0 saturated carbocycles. The van der Waals surface area contributed by atoms with Gasteiger partial charge in [0.2, 0.25) is 0 Å². The van der Waals surface area contributed by atoms with Crippen LogP contribution >= 0.6 is 0 Å². The van der Waals surface area contributed by atoms with Gasteiger partial charge in [-0.3, -0.25) is 0 Å². The number of benzene rings is 8. The zero-order valence-corrected chi connectivity index (χ0v) is 26.2. The molecule has 0 amide bonds. The second-order valence-electron chi connectivity index (χ2n) is 12.2. The van der Waals surface area contributed by atoms with Gasteiger partial charge in [0.15, 0.2) is 5.82 Å². The van der Waals surface area contributed by atoms with E-state index in [0.29, 0.717) is 0 Å². The zero-order chi connectivity index (χ0) is 31.9. The van der Waals surface area contributed by atoms with Crippen LogP contribution in [-0.4, -0.2) is 9.97 Å². The molecular weight excluding hydrogens is 581 g/mol. The summed E-state index contributed by atoms with van der Waals surface area (Å²) in [5.41, 5.74) is 11.1. The van der Waals surface area contributed by atoms with E-state index in [2.05, 4.69) is 176 Å². The van der Waals surface area contributed by atoms with Gasteiger partial charge < -0.3 is 0 Å². The summed E-state index contributed by atoms with van der Waals surface area (Å²) in [7, 11) is 0. The predicted molar refractivity (Wildman–Crippen MR) is 202 cm³/mol. The summed E-state index contributed by atoms with van der Waals surface area (Å²) in [6.07, 6.45) is 0. The average Bonchev–Trinajstić information content (AvgIpc) is 3.17. The van der Waals surface area contributed by atoms with Crippen molar-refractivity contribution in [2.45, 2.75) is 0 Å². The fourth-order valence-corrected chi connectivity index (χ4v) is 6.87. The molecule has 8 aromatic carbocycles. The highest BCUT2D eigenvalue weighted by atomic mass is 14.9. The van der Waals surface area contributed by atoms with Crippen LogP contribution in [0.3, 0.4) is 0 Å². The zero-order valence-electron chi connectivity index (χ0n) is 26.2. The summed E-state index contributed by atoms with van der Waals surface area (Å²) in [4.78, 5) is 10.4. The van der Waals surface area contributed by atoms with Crippen molar-refractivity contribution in [2.75, 3.05) is 0 Å². The Balaban J connectivity index is 1.13. The molecule has 0 radical (unpaired) electrons. The third-order valence-electron chi connectivity index (χ3n) is 9.25. The van der Waals surface area contributed by atoms with Gasteiger partial charge in [-0.2, -0.15) is 0 Å². The molecule has 0 atom stereocenters. The summed E-state index contributed by atoms with van der Waals surface area (Å²) < 4.78 is 0. The van der Waals surface area contributed by atoms with Gasteiger partial charge in [0.05, 0.1) is 11.2 Å². The molecular formula is C46H30N2. The maximum absolute atomic E-state index is 5.21. The molecule has 0 spiro atoms. The molecule has 0 N–H and O–H groups in total. The van der Waals surface area contributed by atoms with Crippen molar-refractivity contribution in [3.05, 3.63) is 182 Å². The quantitative estimate of drug-likeness (QED) is 0.181. The van der Waals surface area contributed by atoms with Crippen molar-refractivity contribution in [3.8, 4) is 56.0 Å². The summed E-state index contributed by atoms with van der Waals surface area (Å²) in [5, 5.41) is 5.87. The van der Waals surface area contributed by atoms with Crippen LogP contribution in [0.15, 0.2) is 182 Å². The summed E-state index contributed by atoms with van der Waals surface area (Å²) in [5.74, 6) is 0.721. The van der Waals surface area contributed by atoms with Crippen LogP contribution in [-0.2, 0) is 0 Å². The van der Waals surface area contributed by atoms with Crippen LogP contribution in [0.2, 0.25) is 0 Å². The summed E-state index contributed by atoms with van der Waals surface area (Å²) in [6, 6.07) is 64.6. The van der Waals surface area contributed by atoms with E-state index in [4.69, 9.17) is 9.97 Å². The standard InChI is InChI=1S/C46H30N2/c1-2-14-33(15-3-1)44-43-27-26-32-13-5-7-24-42(32)45(43)48-46(47-44)39-22-10-20-37(30-39)35-18-8-17-34(28-35)36-19-9-21-38(29-36)41-25-11-16-31-12-4-6-23-40(31)41/h1-30H. The van der Waals surface area contributed by atoms with E-state index >= 15 is 0 Å². The lowest BCUT2D eigenvalue weighted by atomic mass is 9.94. The SMILES string of the molecule is c1ccc(-c2nc(-c3cccc(-c4cccc(-c5cccc(-c6cccc7ccccc67)c5)c4)c3)nc3c2ccc2ccccc23)cc1. The molecule has 0 aliphatic heterocycles. The third-order valence-corrected chi connectivity index (χ3v) is 9.25. The molecule has 2 heteroatoms. The number of rotatable bonds is 5. The lowest BCUT2D eigenvalue weighted by molar-refractivity contribution is 1.23. The van der Waals surface area contributed by atoms with Crippen molar-refractivity contribution in [1.29, 1.82) is 0 Å². The predicted octanol–water partition coefficient (Wildman–Crippen LogP) is 12.3. The highest BCUT2D eigenvalue weighted by molar-refractivity contribution is 6.09. The van der Waals surface area contributed by atoms with Crippen LogP contribution in [0.1, 0.15) is 0 Å². The number of hydrogen-bond acceptors (Lipinski definition) is 2. The highest BCUT2D eigenvalue weighted by Gasteiger charge is 2.15. The first-order valence-electron chi connectivity index (χ1n) is 16.3. The second kappa shape index (κ2) is 11.8. The Morgan fingerprint density at radius 2 is 0.792 bits per heavy atom. The average molecular weight is 611 g/mol. The molecule has 0 aliphatic carbocycles. The van der Waals surface area contributed by atoms with Crippen LogP contribution in [0.5, 0.6) is 0 Å². The van der Waals surface area contributed by atoms with E-state index in [1.807, 2.05) is 6.07 Å². The van der Waals surface area contributed by atoms with Crippen LogP contribution in [0, 0.1) is 0 Å². The fourth-order valence-electron chi connectivity index (χ4n) is 6.87. The first-order chi connectivity index (χ1) is 23.8. The monoisotopic (exact) mass is 610 g/mol. The van der Waals surface area contributed by atoms with Crippen molar-refractivity contribution in [3.63, 3.8) is 0 Å². The topological polar surface area (TPSA) is 25.8 Å². The smallest absolute Gasteiger partial charge is 0.160 e. The Morgan fingerprint density at radius 1 is 0.292 bits per heavy atom. The molecule has 9 aromatic rings. The van der Waals surface area contributed by atoms with Crippen molar-refractivity contribution in [1.82, 2.24) is 9.97 Å². The minimum atomic E-state index is 0.721. The second-order valence-corrected chi connectivity index (χ2v) is 12.2. The largest absolute Gasteiger partial charge is 0.227 e. The van der Waals surface area contributed by atoms with Crippen molar-refractivity contribution < 1.29 is 0 Å². The minimum absolute atomic E-state index is 0.721. The van der Waals surface area contributed by atoms with E-state index in [0.717, 1.165) is 50.1 Å². The Kier molecular flexibility index (Phi) is 6.84. The molecule has 0 bridgehead atoms. The number of hydrogen-bond donors (Lipinski definition) is 0. The van der Waals surface area contributed by atoms with Gasteiger partial charge >= 0.3 is 0 Å². The van der Waals surface area contributed by atoms with Crippen molar-refractivity contribution in [2.24, 2.45) is 0 Å². The first-order valence-corrected chi connectivity index (χ1v) is 16.3. The minimum Gasteiger partial charge on any atom is -0.227 e. The van der Waals surface area contributed by atoms with Gasteiger partial charge in [0.1, 0.15) is 0 Å². The molecule has 1 aromatic heterocycles. The number of fused-ring (bicyclic) bond motifs is 4. The van der Waals surface area contributed by atoms with Crippen LogP contribution in [0.25, 0.3) is 88.5 Å². The van der Waals surface area contributed by atoms with Crippen LogP contribution in [0.4, 0.5) is 0 Å². The van der Waals surface area contributed by atoms with E-state index in [1.54, 1.807) is 0 Å².